The van der Waals surface area contributed by atoms with E-state index in [1.54, 1.807) is 0 Å². The number of rotatable bonds is 3. The van der Waals surface area contributed by atoms with E-state index in [2.05, 4.69) is 16.7 Å². The summed E-state index contributed by atoms with van der Waals surface area (Å²) < 4.78 is 2.16. The Morgan fingerprint density at radius 1 is 0.957 bits per heavy atom. The van der Waals surface area contributed by atoms with Crippen LogP contribution in [0.1, 0.15) is 21.6 Å². The average Bonchev–Trinajstić information content (AvgIpc) is 2.90. The number of amides is 1. The summed E-state index contributed by atoms with van der Waals surface area (Å²) >= 11 is 0. The number of aromatic nitrogens is 1. The van der Waals surface area contributed by atoms with Crippen LogP contribution in [0.25, 0.3) is 10.9 Å². The zero-order chi connectivity index (χ0) is 15.8. The predicted octanol–water partition coefficient (Wildman–Crippen LogP) is 2.84. The molecule has 0 atom stereocenters. The topological polar surface area (TPSA) is 42.3 Å². The van der Waals surface area contributed by atoms with Gasteiger partial charge < -0.3 is 9.47 Å². The Labute approximate surface area is 133 Å². The highest BCUT2D eigenvalue weighted by atomic mass is 16.1. The van der Waals surface area contributed by atoms with Gasteiger partial charge in [0.15, 0.2) is 5.78 Å². The molecule has 0 unspecified atom stereocenters. The van der Waals surface area contributed by atoms with Gasteiger partial charge in [0.1, 0.15) is 0 Å². The maximum atomic E-state index is 12.5. The summed E-state index contributed by atoms with van der Waals surface area (Å²) in [5, 5.41) is 0.981. The Morgan fingerprint density at radius 3 is 2.48 bits per heavy atom. The van der Waals surface area contributed by atoms with Crippen LogP contribution in [0.4, 0.5) is 0 Å². The summed E-state index contributed by atoms with van der Waals surface area (Å²) in [4.78, 5) is 25.2. The summed E-state index contributed by atoms with van der Waals surface area (Å²) in [6, 6.07) is 18.1. The Bertz CT molecular complexity index is 896. The monoisotopic (exact) mass is 304 g/mol. The van der Waals surface area contributed by atoms with Gasteiger partial charge in [-0.2, -0.15) is 0 Å². The van der Waals surface area contributed by atoms with Crippen molar-refractivity contribution < 1.29 is 9.59 Å². The summed E-state index contributed by atoms with van der Waals surface area (Å²) in [6.45, 7) is 1.33. The number of hydrogen-bond donors (Lipinski definition) is 0. The summed E-state index contributed by atoms with van der Waals surface area (Å²) in [7, 11) is 0. The summed E-state index contributed by atoms with van der Waals surface area (Å²) in [6.07, 6.45) is 0.755. The highest BCUT2D eigenvalue weighted by Gasteiger charge is 2.29. The summed E-state index contributed by atoms with van der Waals surface area (Å²) in [5.74, 6) is 0.0151. The quantitative estimate of drug-likeness (QED) is 0.698. The Morgan fingerprint density at radius 2 is 1.70 bits per heavy atom. The van der Waals surface area contributed by atoms with Crippen LogP contribution in [0.3, 0.4) is 0 Å². The van der Waals surface area contributed by atoms with Crippen molar-refractivity contribution in [3.8, 4) is 0 Å². The molecule has 0 bridgehead atoms. The molecule has 4 heteroatoms. The highest BCUT2D eigenvalue weighted by molar-refractivity contribution is 6.11. The van der Waals surface area contributed by atoms with Gasteiger partial charge in [0, 0.05) is 23.1 Å². The second-order valence-electron chi connectivity index (χ2n) is 5.84. The normalized spacial score (nSPS) is 14.1. The second-order valence-corrected chi connectivity index (χ2v) is 5.84. The van der Waals surface area contributed by atoms with Gasteiger partial charge in [-0.15, -0.1) is 0 Å². The van der Waals surface area contributed by atoms with Gasteiger partial charge >= 0.3 is 0 Å². The van der Waals surface area contributed by atoms with E-state index in [0.29, 0.717) is 13.1 Å². The van der Waals surface area contributed by atoms with Crippen LogP contribution >= 0.6 is 0 Å². The van der Waals surface area contributed by atoms with Crippen molar-refractivity contribution in [2.75, 3.05) is 6.54 Å². The van der Waals surface area contributed by atoms with Crippen LogP contribution in [0.2, 0.25) is 0 Å². The van der Waals surface area contributed by atoms with Gasteiger partial charge in [0.05, 0.1) is 18.7 Å². The highest BCUT2D eigenvalue weighted by Crippen LogP contribution is 2.31. The third-order valence-corrected chi connectivity index (χ3v) is 4.39. The molecule has 0 spiro atoms. The van der Waals surface area contributed by atoms with E-state index >= 15 is 0 Å². The molecule has 0 aliphatic carbocycles. The first-order chi connectivity index (χ1) is 11.3. The second kappa shape index (κ2) is 5.39. The number of Topliss-reactive ketones (excluding diaryl/α,β-unsaturated/α-hetero) is 1. The standard InChI is InChI=1S/C19H16N2O2/c22-13-20-11-17-19(18(23)12-20)15-8-4-5-9-16(15)21(17)10-14-6-2-1-3-7-14/h1-9,13H,10-12H2. The molecule has 3 aromatic rings. The van der Waals surface area contributed by atoms with Crippen molar-refractivity contribution in [1.29, 1.82) is 0 Å². The number of nitrogens with zero attached hydrogens (tertiary/aromatic N) is 2. The Kier molecular flexibility index (Phi) is 3.23. The van der Waals surface area contributed by atoms with Crippen molar-refractivity contribution in [3.63, 3.8) is 0 Å². The van der Waals surface area contributed by atoms with E-state index in [1.165, 1.54) is 10.5 Å². The van der Waals surface area contributed by atoms with E-state index in [-0.39, 0.29) is 12.3 Å². The maximum absolute atomic E-state index is 12.5. The molecular weight excluding hydrogens is 288 g/mol. The molecule has 0 saturated heterocycles. The predicted molar refractivity (Wildman–Crippen MR) is 88.3 cm³/mol. The molecule has 1 aliphatic rings. The van der Waals surface area contributed by atoms with Crippen molar-refractivity contribution >= 4 is 23.1 Å². The SMILES string of the molecule is O=CN1CC(=O)c2c(n(Cc3ccccc3)c3ccccc23)C1. The lowest BCUT2D eigenvalue weighted by molar-refractivity contribution is -0.118. The number of hydrogen-bond acceptors (Lipinski definition) is 2. The van der Waals surface area contributed by atoms with Crippen LogP contribution in [0.5, 0.6) is 0 Å². The molecule has 1 amide bonds. The van der Waals surface area contributed by atoms with Gasteiger partial charge in [-0.1, -0.05) is 48.5 Å². The van der Waals surface area contributed by atoms with Crippen molar-refractivity contribution in [2.45, 2.75) is 13.1 Å². The van der Waals surface area contributed by atoms with E-state index in [1.807, 2.05) is 42.5 Å². The lowest BCUT2D eigenvalue weighted by Gasteiger charge is -2.24. The first-order valence-corrected chi connectivity index (χ1v) is 7.64. The van der Waals surface area contributed by atoms with Gasteiger partial charge in [-0.25, -0.2) is 0 Å². The zero-order valence-corrected chi connectivity index (χ0v) is 12.6. The molecule has 4 rings (SSSR count). The van der Waals surface area contributed by atoms with Gasteiger partial charge in [0.25, 0.3) is 0 Å². The molecular formula is C19H16N2O2. The van der Waals surface area contributed by atoms with Crippen LogP contribution in [-0.2, 0) is 17.9 Å². The van der Waals surface area contributed by atoms with Gasteiger partial charge in [0.2, 0.25) is 6.41 Å². The molecule has 23 heavy (non-hydrogen) atoms. The molecule has 4 nitrogen and oxygen atoms in total. The van der Waals surface area contributed by atoms with Crippen LogP contribution in [0.15, 0.2) is 54.6 Å². The average molecular weight is 304 g/mol. The van der Waals surface area contributed by atoms with Gasteiger partial charge in [-0.05, 0) is 11.6 Å². The van der Waals surface area contributed by atoms with E-state index < -0.39 is 0 Å². The molecule has 1 aliphatic heterocycles. The largest absolute Gasteiger partial charge is 0.338 e. The van der Waals surface area contributed by atoms with Crippen molar-refractivity contribution in [2.24, 2.45) is 0 Å². The molecule has 0 radical (unpaired) electrons. The van der Waals surface area contributed by atoms with E-state index in [9.17, 15) is 9.59 Å². The van der Waals surface area contributed by atoms with Crippen LogP contribution in [0, 0.1) is 0 Å². The van der Waals surface area contributed by atoms with Gasteiger partial charge in [-0.3, -0.25) is 9.59 Å². The van der Waals surface area contributed by atoms with Crippen LogP contribution < -0.4 is 0 Å². The van der Waals surface area contributed by atoms with Crippen molar-refractivity contribution in [3.05, 3.63) is 71.4 Å². The van der Waals surface area contributed by atoms with Crippen molar-refractivity contribution in [1.82, 2.24) is 9.47 Å². The fraction of sp³-hybridized carbons (Fsp3) is 0.158. The smallest absolute Gasteiger partial charge is 0.210 e. The lowest BCUT2D eigenvalue weighted by atomic mass is 10.0. The number of fused-ring (bicyclic) bond motifs is 3. The van der Waals surface area contributed by atoms with E-state index in [0.717, 1.165) is 28.6 Å². The molecule has 2 heterocycles. The number of carbonyl (C=O) groups is 2. The number of ketones is 1. The third-order valence-electron chi connectivity index (χ3n) is 4.39. The number of carbonyl (C=O) groups excluding carboxylic acids is 2. The number of benzene rings is 2. The molecule has 0 N–H and O–H groups in total. The molecule has 0 saturated carbocycles. The minimum absolute atomic E-state index is 0.0151. The Hall–Kier alpha value is -2.88. The molecule has 2 aromatic carbocycles. The first kappa shape index (κ1) is 13.8. The minimum atomic E-state index is 0.0151. The zero-order valence-electron chi connectivity index (χ0n) is 12.6. The number of para-hydroxylation sites is 1. The fourth-order valence-electron chi connectivity index (χ4n) is 3.36. The Balaban J connectivity index is 1.93. The molecule has 1 aromatic heterocycles. The van der Waals surface area contributed by atoms with Crippen LogP contribution in [-0.4, -0.2) is 28.2 Å². The van der Waals surface area contributed by atoms with E-state index in [4.69, 9.17) is 0 Å². The lowest BCUT2D eigenvalue weighted by Crippen LogP contribution is -2.34. The minimum Gasteiger partial charge on any atom is -0.338 e. The molecule has 114 valence electrons. The third kappa shape index (κ3) is 2.23. The first-order valence-electron chi connectivity index (χ1n) is 7.64. The fourth-order valence-corrected chi connectivity index (χ4v) is 3.36. The summed E-state index contributed by atoms with van der Waals surface area (Å²) in [5.41, 5.74) is 3.92. The maximum Gasteiger partial charge on any atom is 0.210 e. The molecule has 0 fully saturated rings.